The first-order valence-electron chi connectivity index (χ1n) is 5.45. The third-order valence-corrected chi connectivity index (χ3v) is 2.83. The van der Waals surface area contributed by atoms with E-state index < -0.39 is 5.91 Å². The minimum absolute atomic E-state index is 0.414. The number of hydrogen-bond acceptors (Lipinski definition) is 3. The zero-order valence-electron chi connectivity index (χ0n) is 9.87. The van der Waals surface area contributed by atoms with Crippen molar-refractivity contribution in [1.29, 1.82) is 0 Å². The standard InChI is InChI=1S/C13H13ClN2O2/c1-8-2-4-10(18-8)7-16-12-6-9(13(15)17)3-5-11(12)14/h2-6,16H,7H2,1H3,(H2,15,17). The number of benzene rings is 1. The second-order valence-electron chi connectivity index (χ2n) is 3.92. The minimum Gasteiger partial charge on any atom is -0.465 e. The summed E-state index contributed by atoms with van der Waals surface area (Å²) in [4.78, 5) is 11.1. The van der Waals surface area contributed by atoms with E-state index in [1.807, 2.05) is 19.1 Å². The average molecular weight is 265 g/mol. The van der Waals surface area contributed by atoms with Gasteiger partial charge < -0.3 is 15.5 Å². The highest BCUT2D eigenvalue weighted by atomic mass is 35.5. The molecule has 2 aromatic rings. The van der Waals surface area contributed by atoms with Gasteiger partial charge in [-0.15, -0.1) is 0 Å². The number of furan rings is 1. The summed E-state index contributed by atoms with van der Waals surface area (Å²) in [6.45, 7) is 2.37. The molecule has 0 unspecified atom stereocenters. The molecule has 0 saturated carbocycles. The Kier molecular flexibility index (Phi) is 3.58. The van der Waals surface area contributed by atoms with Gasteiger partial charge in [-0.3, -0.25) is 4.79 Å². The molecular weight excluding hydrogens is 252 g/mol. The van der Waals surface area contributed by atoms with Gasteiger partial charge in [-0.05, 0) is 37.3 Å². The highest BCUT2D eigenvalue weighted by Gasteiger charge is 2.06. The maximum Gasteiger partial charge on any atom is 0.248 e. The normalized spacial score (nSPS) is 10.3. The van der Waals surface area contributed by atoms with Gasteiger partial charge in [0, 0.05) is 5.56 Å². The molecule has 0 atom stereocenters. The first kappa shape index (κ1) is 12.5. The topological polar surface area (TPSA) is 68.3 Å². The molecule has 0 aliphatic rings. The van der Waals surface area contributed by atoms with E-state index in [4.69, 9.17) is 21.8 Å². The van der Waals surface area contributed by atoms with Crippen molar-refractivity contribution in [2.75, 3.05) is 5.32 Å². The summed E-state index contributed by atoms with van der Waals surface area (Å²) >= 11 is 6.03. The number of nitrogens with two attached hydrogens (primary N) is 1. The van der Waals surface area contributed by atoms with E-state index in [9.17, 15) is 4.79 Å². The predicted octanol–water partition coefficient (Wildman–Crippen LogP) is 2.95. The van der Waals surface area contributed by atoms with Gasteiger partial charge in [-0.2, -0.15) is 0 Å². The lowest BCUT2D eigenvalue weighted by Gasteiger charge is -2.08. The summed E-state index contributed by atoms with van der Waals surface area (Å²) in [6, 6.07) is 8.62. The van der Waals surface area contributed by atoms with Crippen molar-refractivity contribution in [3.05, 3.63) is 52.4 Å². The molecule has 4 nitrogen and oxygen atoms in total. The zero-order valence-corrected chi connectivity index (χ0v) is 10.6. The number of hydrogen-bond donors (Lipinski definition) is 2. The van der Waals surface area contributed by atoms with Crippen molar-refractivity contribution >= 4 is 23.2 Å². The summed E-state index contributed by atoms with van der Waals surface area (Å²) in [5, 5.41) is 3.64. The fourth-order valence-corrected chi connectivity index (χ4v) is 1.76. The van der Waals surface area contributed by atoms with Crippen LogP contribution in [-0.4, -0.2) is 5.91 Å². The number of anilines is 1. The number of halogens is 1. The number of amides is 1. The Morgan fingerprint density at radius 2 is 2.17 bits per heavy atom. The van der Waals surface area contributed by atoms with Gasteiger partial charge in [0.1, 0.15) is 11.5 Å². The molecule has 0 fully saturated rings. The second kappa shape index (κ2) is 5.14. The fourth-order valence-electron chi connectivity index (χ4n) is 1.58. The van der Waals surface area contributed by atoms with Crippen molar-refractivity contribution in [2.45, 2.75) is 13.5 Å². The monoisotopic (exact) mass is 264 g/mol. The number of carbonyl (C=O) groups is 1. The number of primary amides is 1. The molecule has 3 N–H and O–H groups in total. The minimum atomic E-state index is -0.483. The Labute approximate surface area is 110 Å². The molecule has 0 radical (unpaired) electrons. The molecule has 0 spiro atoms. The molecule has 1 aromatic carbocycles. The molecule has 18 heavy (non-hydrogen) atoms. The van der Waals surface area contributed by atoms with Gasteiger partial charge in [0.05, 0.1) is 17.3 Å². The van der Waals surface area contributed by atoms with Crippen LogP contribution in [0.3, 0.4) is 0 Å². The summed E-state index contributed by atoms with van der Waals surface area (Å²) in [5.41, 5.74) is 6.28. The molecule has 94 valence electrons. The molecule has 1 heterocycles. The molecule has 0 bridgehead atoms. The summed E-state index contributed by atoms with van der Waals surface area (Å²) in [7, 11) is 0. The van der Waals surface area contributed by atoms with Crippen molar-refractivity contribution in [2.24, 2.45) is 5.73 Å². The number of carbonyl (C=O) groups excluding carboxylic acids is 1. The Balaban J connectivity index is 2.13. The van der Waals surface area contributed by atoms with Crippen LogP contribution in [0.1, 0.15) is 21.9 Å². The predicted molar refractivity (Wildman–Crippen MR) is 70.7 cm³/mol. The molecule has 1 amide bonds. The van der Waals surface area contributed by atoms with Crippen LogP contribution in [-0.2, 0) is 6.54 Å². The quantitative estimate of drug-likeness (QED) is 0.892. The van der Waals surface area contributed by atoms with Gasteiger partial charge in [-0.1, -0.05) is 11.6 Å². The summed E-state index contributed by atoms with van der Waals surface area (Å²) in [6.07, 6.45) is 0. The van der Waals surface area contributed by atoms with Crippen molar-refractivity contribution in [3.8, 4) is 0 Å². The van der Waals surface area contributed by atoms with E-state index in [2.05, 4.69) is 5.32 Å². The maximum atomic E-state index is 11.1. The van der Waals surface area contributed by atoms with Crippen molar-refractivity contribution in [3.63, 3.8) is 0 Å². The van der Waals surface area contributed by atoms with Gasteiger partial charge in [-0.25, -0.2) is 0 Å². The van der Waals surface area contributed by atoms with Crippen LogP contribution in [0.15, 0.2) is 34.7 Å². The van der Waals surface area contributed by atoms with E-state index in [0.717, 1.165) is 11.5 Å². The first-order chi connectivity index (χ1) is 8.56. The van der Waals surface area contributed by atoms with Crippen LogP contribution < -0.4 is 11.1 Å². The zero-order chi connectivity index (χ0) is 13.1. The van der Waals surface area contributed by atoms with E-state index >= 15 is 0 Å². The molecule has 2 rings (SSSR count). The number of nitrogens with one attached hydrogen (secondary N) is 1. The van der Waals surface area contributed by atoms with E-state index in [0.29, 0.717) is 22.8 Å². The van der Waals surface area contributed by atoms with Crippen molar-refractivity contribution < 1.29 is 9.21 Å². The van der Waals surface area contributed by atoms with Gasteiger partial charge in [0.2, 0.25) is 5.91 Å². The Bertz CT molecular complexity index is 578. The number of rotatable bonds is 4. The third kappa shape index (κ3) is 2.84. The fraction of sp³-hybridized carbons (Fsp3) is 0.154. The van der Waals surface area contributed by atoms with Crippen LogP contribution in [0.4, 0.5) is 5.69 Å². The smallest absolute Gasteiger partial charge is 0.248 e. The molecule has 0 aliphatic heterocycles. The lowest BCUT2D eigenvalue weighted by molar-refractivity contribution is 0.100. The van der Waals surface area contributed by atoms with E-state index in [-0.39, 0.29) is 0 Å². The second-order valence-corrected chi connectivity index (χ2v) is 4.33. The lowest BCUT2D eigenvalue weighted by atomic mass is 10.2. The van der Waals surface area contributed by atoms with E-state index in [1.165, 1.54) is 0 Å². The molecule has 0 aliphatic carbocycles. The van der Waals surface area contributed by atoms with Gasteiger partial charge in [0.15, 0.2) is 0 Å². The highest BCUT2D eigenvalue weighted by molar-refractivity contribution is 6.33. The summed E-state index contributed by atoms with van der Waals surface area (Å²) < 4.78 is 5.43. The largest absolute Gasteiger partial charge is 0.465 e. The van der Waals surface area contributed by atoms with Crippen LogP contribution in [0.2, 0.25) is 5.02 Å². The highest BCUT2D eigenvalue weighted by Crippen LogP contribution is 2.23. The van der Waals surface area contributed by atoms with Crippen LogP contribution in [0, 0.1) is 6.92 Å². The van der Waals surface area contributed by atoms with Crippen LogP contribution in [0.25, 0.3) is 0 Å². The van der Waals surface area contributed by atoms with Gasteiger partial charge >= 0.3 is 0 Å². The maximum absolute atomic E-state index is 11.1. The third-order valence-electron chi connectivity index (χ3n) is 2.50. The number of aryl methyl sites for hydroxylation is 1. The first-order valence-corrected chi connectivity index (χ1v) is 5.82. The van der Waals surface area contributed by atoms with Crippen LogP contribution in [0.5, 0.6) is 0 Å². The average Bonchev–Trinajstić information content (AvgIpc) is 2.74. The molecule has 0 saturated heterocycles. The van der Waals surface area contributed by atoms with E-state index in [1.54, 1.807) is 18.2 Å². The molecular formula is C13H13ClN2O2. The van der Waals surface area contributed by atoms with Gasteiger partial charge in [0.25, 0.3) is 0 Å². The SMILES string of the molecule is Cc1ccc(CNc2cc(C(N)=O)ccc2Cl)o1. The van der Waals surface area contributed by atoms with Crippen molar-refractivity contribution in [1.82, 2.24) is 0 Å². The molecule has 5 heteroatoms. The van der Waals surface area contributed by atoms with Crippen LogP contribution >= 0.6 is 11.6 Å². The Hall–Kier alpha value is -1.94. The summed E-state index contributed by atoms with van der Waals surface area (Å²) in [5.74, 6) is 1.17. The lowest BCUT2D eigenvalue weighted by Crippen LogP contribution is -2.11. The Morgan fingerprint density at radius 3 is 2.78 bits per heavy atom. The Morgan fingerprint density at radius 1 is 1.39 bits per heavy atom. The molecule has 1 aromatic heterocycles.